The van der Waals surface area contributed by atoms with E-state index in [1.54, 1.807) is 79.4 Å². The number of hydrogen-bond donors (Lipinski definition) is 7. The summed E-state index contributed by atoms with van der Waals surface area (Å²) in [6, 6.07) is 3.44. The molecule has 12 amide bonds. The van der Waals surface area contributed by atoms with Crippen LogP contribution in [0.4, 0.5) is 0 Å². The Hall–Kier alpha value is -8.09. The molecule has 0 spiro atoms. The number of benzene rings is 2. The Morgan fingerprint density at radius 3 is 1.54 bits per heavy atom. The number of likely N-dealkylation sites (N-methyl/N-ethyl adjacent to an activating group) is 6. The molecule has 2 saturated heterocycles. The van der Waals surface area contributed by atoms with Gasteiger partial charge in [0.2, 0.25) is 80.9 Å². The first kappa shape index (κ1) is 92.3. The van der Waals surface area contributed by atoms with Crippen LogP contribution in [0.2, 0.25) is 0 Å². The van der Waals surface area contributed by atoms with Crippen molar-refractivity contribution in [3.8, 4) is 0 Å². The van der Waals surface area contributed by atoms with Gasteiger partial charge in [-0.3, -0.25) is 67.6 Å². The van der Waals surface area contributed by atoms with Crippen molar-refractivity contribution in [1.82, 2.24) is 65.2 Å². The molecule has 606 valence electrons. The van der Waals surface area contributed by atoms with Crippen molar-refractivity contribution in [2.24, 2.45) is 29.6 Å². The summed E-state index contributed by atoms with van der Waals surface area (Å²) >= 11 is 0. The Kier molecular flexibility index (Phi) is 37.0. The summed E-state index contributed by atoms with van der Waals surface area (Å²) in [6.07, 6.45) is -1.48. The molecule has 0 saturated carbocycles. The molecule has 30 heteroatoms. The lowest BCUT2D eigenvalue weighted by Crippen LogP contribution is -2.62. The first-order valence-electron chi connectivity index (χ1n) is 38.3. The van der Waals surface area contributed by atoms with Crippen LogP contribution in [0.5, 0.6) is 0 Å². The molecule has 108 heavy (non-hydrogen) atoms. The number of aliphatic hydroxyl groups excluding tert-OH is 2. The highest BCUT2D eigenvalue weighted by Gasteiger charge is 2.45. The van der Waals surface area contributed by atoms with Gasteiger partial charge in [0, 0.05) is 81.2 Å². The van der Waals surface area contributed by atoms with Crippen molar-refractivity contribution >= 4 is 80.9 Å². The summed E-state index contributed by atoms with van der Waals surface area (Å²) in [7, 11) is 4.20. The molecular weight excluding hydrogens is 1410 g/mol. The Labute approximate surface area is 641 Å². The van der Waals surface area contributed by atoms with Gasteiger partial charge in [0.15, 0.2) is 0 Å². The number of nitrogens with one attached hydrogen (secondary N) is 5. The summed E-state index contributed by atoms with van der Waals surface area (Å²) in [5.41, 5.74) is 1.24. The minimum Gasteiger partial charge on any atom is -0.391 e. The molecule has 12 atom stereocenters. The van der Waals surface area contributed by atoms with Crippen LogP contribution in [0.3, 0.4) is 0 Å². The lowest BCUT2D eigenvalue weighted by atomic mass is 9.96. The molecule has 2 aliphatic heterocycles. The Morgan fingerprint density at radius 1 is 0.546 bits per heavy atom. The topological polar surface area (TPSA) is 366 Å². The zero-order valence-corrected chi connectivity index (χ0v) is 68.2. The second kappa shape index (κ2) is 43.3. The number of carbonyl (C=O) groups is 12. The average molecular weight is 1540 g/mol. The zero-order valence-electron chi connectivity index (χ0n) is 67.4. The fourth-order valence-corrected chi connectivity index (χ4v) is 14.5. The summed E-state index contributed by atoms with van der Waals surface area (Å²) < 4.78 is 26.6. The maximum atomic E-state index is 15.7. The molecular formula is C78H127N13O16S. The summed E-state index contributed by atoms with van der Waals surface area (Å²) in [6.45, 7) is 21.0. The third-order valence-corrected chi connectivity index (χ3v) is 20.7. The second-order valence-electron chi connectivity index (χ2n) is 31.6. The van der Waals surface area contributed by atoms with Crippen LogP contribution < -0.4 is 26.0 Å². The van der Waals surface area contributed by atoms with Crippen LogP contribution in [-0.4, -0.2) is 276 Å². The van der Waals surface area contributed by atoms with Gasteiger partial charge in [-0.05, 0) is 105 Å². The molecule has 0 aliphatic carbocycles. The third kappa shape index (κ3) is 27.8. The highest BCUT2D eigenvalue weighted by molar-refractivity contribution is 7.89. The number of aliphatic hydroxyl groups is 2. The molecule has 2 aromatic carbocycles. The van der Waals surface area contributed by atoms with E-state index in [0.717, 1.165) is 22.5 Å². The van der Waals surface area contributed by atoms with Gasteiger partial charge in [-0.2, -0.15) is 0 Å². The van der Waals surface area contributed by atoms with E-state index in [0.29, 0.717) is 49.9 Å². The monoisotopic (exact) mass is 1530 g/mol. The van der Waals surface area contributed by atoms with E-state index in [1.165, 1.54) is 73.7 Å². The second-order valence-corrected chi connectivity index (χ2v) is 33.3. The van der Waals surface area contributed by atoms with E-state index in [4.69, 9.17) is 0 Å². The molecule has 4 rings (SSSR count). The first-order chi connectivity index (χ1) is 50.5. The normalized spacial score (nSPS) is 25.0. The van der Waals surface area contributed by atoms with Crippen molar-refractivity contribution in [3.63, 3.8) is 0 Å². The Balaban J connectivity index is 2.07. The van der Waals surface area contributed by atoms with Gasteiger partial charge in [0.05, 0.1) is 37.4 Å². The van der Waals surface area contributed by atoms with Crippen molar-refractivity contribution in [2.75, 3.05) is 74.7 Å². The van der Waals surface area contributed by atoms with Gasteiger partial charge < -0.3 is 65.4 Å². The minimum atomic E-state index is -4.11. The average Bonchev–Trinajstić information content (AvgIpc) is 0.821. The number of carbonyl (C=O) groups excluding carboxylic acids is 12. The van der Waals surface area contributed by atoms with Crippen molar-refractivity contribution in [2.45, 2.75) is 246 Å². The van der Waals surface area contributed by atoms with E-state index in [2.05, 4.69) is 21.3 Å². The molecule has 0 bridgehead atoms. The van der Waals surface area contributed by atoms with Gasteiger partial charge in [0.1, 0.15) is 54.6 Å². The van der Waals surface area contributed by atoms with Crippen molar-refractivity contribution < 1.29 is 76.2 Å². The number of amides is 12. The molecule has 2 heterocycles. The predicted molar refractivity (Wildman–Crippen MR) is 411 cm³/mol. The fraction of sp³-hybridized carbons (Fsp3) is 0.692. The van der Waals surface area contributed by atoms with Crippen LogP contribution in [-0.2, 0) is 80.4 Å². The number of sulfonamides is 1. The molecule has 2 aromatic rings. The highest BCUT2D eigenvalue weighted by atomic mass is 32.2. The summed E-state index contributed by atoms with van der Waals surface area (Å²) in [4.78, 5) is 191. The Morgan fingerprint density at radius 2 is 1.03 bits per heavy atom. The maximum Gasteiger partial charge on any atom is 0.248 e. The van der Waals surface area contributed by atoms with Gasteiger partial charge >= 0.3 is 0 Å². The molecule has 29 nitrogen and oxygen atoms in total. The summed E-state index contributed by atoms with van der Waals surface area (Å²) in [5, 5.41) is 35.5. The first-order valence-corrected chi connectivity index (χ1v) is 40.2. The van der Waals surface area contributed by atoms with Crippen molar-refractivity contribution in [1.29, 1.82) is 0 Å². The number of hydrogen-bond acceptors (Lipinski definition) is 17. The molecule has 2 aliphatic rings. The lowest BCUT2D eigenvalue weighted by Gasteiger charge is -2.39. The molecule has 7 N–H and O–H groups in total. The van der Waals surface area contributed by atoms with Gasteiger partial charge in [-0.15, -0.1) is 0 Å². The van der Waals surface area contributed by atoms with Crippen LogP contribution >= 0.6 is 0 Å². The molecule has 2 unspecified atom stereocenters. The minimum absolute atomic E-state index is 0.0123. The maximum absolute atomic E-state index is 15.7. The number of rotatable bonds is 22. The van der Waals surface area contributed by atoms with Crippen LogP contribution in [0.1, 0.15) is 171 Å². The standard InChI is InChI=1S/C78H127N13O16S/c1-20-21-37-91-47-66(95)89(18)68(52(10)11)72(99)81-58(75(102)90-38-29-24-30-39-90)46-65(94)84(13)59(41-49(4)5)69(96)79-56(35-36-64(93)83-108(19,106)107)73(100)87(16)62(43-51(8)9)76(103)86(15)61(44-54-31-25-22-26-32-54)70(97)80-57(40-48(2)3)74(101)88(17)63(45-55-33-27-23-28-34-55)77(104)85(14)60(42-50(6)7)71(98)82-67(53(12)92)78(91)105/h22-23,25-28,31-34,48-53,56-63,67-69,79,92,96H,20-21,24,29-30,35-47H2,1-19H3,(H,80,97)(H,81,99)(H,82,98)(H,83,93)/t53-,56?,57+,58+,59+,60+,61+,62+,63+,67+,68+,69?/m1/s1. The van der Waals surface area contributed by atoms with E-state index < -0.39 is 185 Å². The third-order valence-electron chi connectivity index (χ3n) is 20.1. The number of likely N-dealkylation sites (tertiary alicyclic amines) is 1. The van der Waals surface area contributed by atoms with Crippen LogP contribution in [0.25, 0.3) is 0 Å². The van der Waals surface area contributed by atoms with Gasteiger partial charge in [0.25, 0.3) is 0 Å². The lowest BCUT2D eigenvalue weighted by molar-refractivity contribution is -0.151. The van der Waals surface area contributed by atoms with Gasteiger partial charge in [-0.25, -0.2) is 8.42 Å². The molecule has 0 radical (unpaired) electrons. The number of unbranched alkanes of at least 4 members (excludes halogenated alkanes) is 1. The van der Waals surface area contributed by atoms with Crippen molar-refractivity contribution in [3.05, 3.63) is 71.8 Å². The SMILES string of the molecule is CCCCN1CC(=O)N(C)[C@@H](C(C)C)C(=O)N[C@H](C(=O)N2CCCCC2)CC(=O)N(C)[C@@H](CC(C)C)C(O)NC(CCC(=O)NS(C)(=O)=O)C(=O)N(C)[C@@H](CC(C)C)C(=O)N(C)[C@@H](Cc2ccccc2)C(=O)N[C@@H](CC(C)C)C(=O)N(C)[C@@H](Cc2ccccc2)C(=O)N(C)[C@@H](CC(C)C)C(=O)N[C@@H]([C@@H](C)O)C1=O. The predicted octanol–water partition coefficient (Wildman–Crippen LogP) is 3.29. The Bertz CT molecular complexity index is 3450. The smallest absolute Gasteiger partial charge is 0.248 e. The van der Waals surface area contributed by atoms with E-state index in [-0.39, 0.29) is 68.7 Å². The largest absolute Gasteiger partial charge is 0.391 e. The quantitative estimate of drug-likeness (QED) is 0.0889. The number of nitrogens with zero attached hydrogens (tertiary/aromatic N) is 8. The van der Waals surface area contributed by atoms with E-state index in [9.17, 15) is 33.0 Å². The number of piperidine rings is 1. The fourth-order valence-electron chi connectivity index (χ4n) is 14.0. The zero-order chi connectivity index (χ0) is 81.4. The van der Waals surface area contributed by atoms with Crippen LogP contribution in [0.15, 0.2) is 60.7 Å². The highest BCUT2D eigenvalue weighted by Crippen LogP contribution is 2.25. The van der Waals surface area contributed by atoms with Crippen LogP contribution in [0, 0.1) is 29.6 Å². The van der Waals surface area contributed by atoms with E-state index >= 15 is 43.2 Å². The molecule has 2 fully saturated rings. The summed E-state index contributed by atoms with van der Waals surface area (Å²) in [5.74, 6) is -11.1. The van der Waals surface area contributed by atoms with Gasteiger partial charge in [-0.1, -0.05) is 143 Å². The van der Waals surface area contributed by atoms with E-state index in [1.807, 2.05) is 67.0 Å². The molecule has 0 aromatic heterocycles.